The molecule has 168 valence electrons. The molecule has 5 aliphatic carbocycles. The molecule has 1 spiro atoms. The summed E-state index contributed by atoms with van der Waals surface area (Å²) in [7, 11) is 0. The van der Waals surface area contributed by atoms with Crippen molar-refractivity contribution in [3.63, 3.8) is 0 Å². The summed E-state index contributed by atoms with van der Waals surface area (Å²) in [6, 6.07) is 0. The predicted molar refractivity (Wildman–Crippen MR) is 122 cm³/mol. The van der Waals surface area contributed by atoms with Gasteiger partial charge in [-0.15, -0.1) is 15.6 Å². The van der Waals surface area contributed by atoms with E-state index in [-0.39, 0.29) is 10.7 Å². The van der Waals surface area contributed by atoms with Crippen molar-refractivity contribution < 1.29 is 9.35 Å². The average molecular weight is 460 g/mol. The third-order valence-corrected chi connectivity index (χ3v) is 12.9. The minimum Gasteiger partial charge on any atom is -0.598 e. The molecule has 1 saturated heterocycles. The Bertz CT molecular complexity index is 901. The first-order chi connectivity index (χ1) is 15.1. The molecule has 8 atom stereocenters. The van der Waals surface area contributed by atoms with Gasteiger partial charge in [0.15, 0.2) is 0 Å². The molecule has 1 aliphatic heterocycles. The van der Waals surface area contributed by atoms with E-state index in [1.165, 1.54) is 36.3 Å². The van der Waals surface area contributed by atoms with Crippen LogP contribution in [0.1, 0.15) is 61.9 Å². The minimum atomic E-state index is -0.917. The van der Waals surface area contributed by atoms with Gasteiger partial charge in [0.1, 0.15) is 5.25 Å². The zero-order valence-corrected chi connectivity index (χ0v) is 19.8. The van der Waals surface area contributed by atoms with Crippen molar-refractivity contribution >= 4 is 28.6 Å². The van der Waals surface area contributed by atoms with Crippen LogP contribution in [0.25, 0.3) is 0 Å². The molecule has 6 aliphatic rings. The monoisotopic (exact) mass is 459 g/mol. The smallest absolute Gasteiger partial charge is 0.226 e. The molecule has 8 unspecified atom stereocenters. The minimum absolute atomic E-state index is 0.0246. The molecule has 1 aromatic rings. The third-order valence-electron chi connectivity index (χ3n) is 10.2. The third kappa shape index (κ3) is 2.75. The second-order valence-electron chi connectivity index (χ2n) is 11.6. The van der Waals surface area contributed by atoms with Gasteiger partial charge < -0.3 is 9.87 Å². The maximum atomic E-state index is 13.5. The number of thiazole rings is 1. The van der Waals surface area contributed by atoms with Gasteiger partial charge in [-0.3, -0.25) is 4.79 Å². The van der Waals surface area contributed by atoms with Crippen molar-refractivity contribution in [2.75, 3.05) is 19.6 Å². The second-order valence-corrected chi connectivity index (χ2v) is 14.2. The standard InChI is InChI=1S/C24H33N3O2S2/c28-22(24-10-17-5-16-6-18(11-24)23(24,8-16)9-17)25-12-15-3-4-27(13-15)31(29)19-1-2-20-21(7-19)30-14-26-20/h14-19H,1-13H2,(H,25,28). The summed E-state index contributed by atoms with van der Waals surface area (Å²) in [4.78, 5) is 19.2. The molecule has 0 aromatic carbocycles. The van der Waals surface area contributed by atoms with Gasteiger partial charge in [0.25, 0.3) is 0 Å². The lowest BCUT2D eigenvalue weighted by atomic mass is 9.46. The highest BCUT2D eigenvalue weighted by molar-refractivity contribution is 7.89. The first kappa shape index (κ1) is 19.8. The Morgan fingerprint density at radius 3 is 3.10 bits per heavy atom. The summed E-state index contributed by atoms with van der Waals surface area (Å²) in [6.45, 7) is 2.54. The van der Waals surface area contributed by atoms with Crippen LogP contribution < -0.4 is 5.32 Å². The van der Waals surface area contributed by atoms with Crippen LogP contribution in [0.4, 0.5) is 0 Å². The highest BCUT2D eigenvalue weighted by Gasteiger charge is 2.76. The van der Waals surface area contributed by atoms with E-state index in [9.17, 15) is 9.35 Å². The van der Waals surface area contributed by atoms with Gasteiger partial charge in [0, 0.05) is 48.7 Å². The predicted octanol–water partition coefficient (Wildman–Crippen LogP) is 3.32. The van der Waals surface area contributed by atoms with Gasteiger partial charge >= 0.3 is 0 Å². The summed E-state index contributed by atoms with van der Waals surface area (Å²) < 4.78 is 15.4. The SMILES string of the molecule is O=C(NCC1CCN([S+]([O-])C2CCc3ncsc3C2)C1)C12CC3CC4CC(C1)C2(C4)C3. The lowest BCUT2D eigenvalue weighted by Crippen LogP contribution is -2.60. The summed E-state index contributed by atoms with van der Waals surface area (Å²) >= 11 is 0.798. The molecular formula is C24H33N3O2S2. The zero-order valence-electron chi connectivity index (χ0n) is 18.2. The van der Waals surface area contributed by atoms with Gasteiger partial charge in [0.2, 0.25) is 5.91 Å². The maximum Gasteiger partial charge on any atom is 0.226 e. The van der Waals surface area contributed by atoms with E-state index in [4.69, 9.17) is 0 Å². The first-order valence-corrected chi connectivity index (χ1v) is 14.5. The first-order valence-electron chi connectivity index (χ1n) is 12.4. The van der Waals surface area contributed by atoms with Crippen LogP contribution in [0.5, 0.6) is 0 Å². The fraction of sp³-hybridized carbons (Fsp3) is 0.833. The molecule has 1 amide bonds. The molecular weight excluding hydrogens is 426 g/mol. The Hall–Kier alpha value is -0.630. The van der Waals surface area contributed by atoms with Gasteiger partial charge in [-0.1, -0.05) is 0 Å². The van der Waals surface area contributed by atoms with E-state index < -0.39 is 11.4 Å². The summed E-state index contributed by atoms with van der Waals surface area (Å²) in [6.07, 6.45) is 11.7. The molecule has 1 N–H and O–H groups in total. The number of rotatable bonds is 5. The van der Waals surface area contributed by atoms with E-state index in [2.05, 4.69) is 14.6 Å². The molecule has 1 aromatic heterocycles. The number of amides is 1. The van der Waals surface area contributed by atoms with Crippen LogP contribution in [0.15, 0.2) is 5.51 Å². The van der Waals surface area contributed by atoms with Crippen molar-refractivity contribution in [3.05, 3.63) is 16.1 Å². The molecule has 5 nitrogen and oxygen atoms in total. The maximum absolute atomic E-state index is 13.5. The number of aromatic nitrogens is 1. The van der Waals surface area contributed by atoms with Crippen LogP contribution in [0.3, 0.4) is 0 Å². The highest BCUT2D eigenvalue weighted by atomic mass is 32.2. The number of carbonyl (C=O) groups is 1. The Kier molecular flexibility index (Phi) is 4.43. The Balaban J connectivity index is 0.954. The van der Waals surface area contributed by atoms with E-state index in [1.807, 2.05) is 5.51 Å². The van der Waals surface area contributed by atoms with E-state index in [1.54, 1.807) is 11.3 Å². The normalized spacial score (nSPS) is 45.9. The molecule has 5 fully saturated rings. The molecule has 7 rings (SSSR count). The van der Waals surface area contributed by atoms with Crippen LogP contribution in [0, 0.1) is 34.5 Å². The largest absolute Gasteiger partial charge is 0.598 e. The fourth-order valence-electron chi connectivity index (χ4n) is 8.98. The van der Waals surface area contributed by atoms with Crippen molar-refractivity contribution in [3.8, 4) is 0 Å². The Morgan fingerprint density at radius 2 is 2.16 bits per heavy atom. The number of nitrogens with zero attached hydrogens (tertiary/aromatic N) is 2. The quantitative estimate of drug-likeness (QED) is 0.686. The van der Waals surface area contributed by atoms with Crippen molar-refractivity contribution in [2.45, 2.75) is 69.5 Å². The average Bonchev–Trinajstić information content (AvgIpc) is 3.50. The number of nitrogens with one attached hydrogen (secondary N) is 1. The van der Waals surface area contributed by atoms with Crippen LogP contribution in [-0.4, -0.2) is 44.6 Å². The van der Waals surface area contributed by atoms with Crippen molar-refractivity contribution in [1.29, 1.82) is 0 Å². The summed E-state index contributed by atoms with van der Waals surface area (Å²) in [5.74, 6) is 3.39. The zero-order chi connectivity index (χ0) is 20.8. The number of hydrogen-bond donors (Lipinski definition) is 1. The summed E-state index contributed by atoms with van der Waals surface area (Å²) in [5.41, 5.74) is 3.51. The van der Waals surface area contributed by atoms with E-state index in [0.717, 1.165) is 75.9 Å². The molecule has 7 heteroatoms. The fourth-order valence-corrected chi connectivity index (χ4v) is 11.7. The topological polar surface area (TPSA) is 68.3 Å². The van der Waals surface area contributed by atoms with E-state index in [0.29, 0.717) is 17.2 Å². The van der Waals surface area contributed by atoms with Crippen molar-refractivity contribution in [1.82, 2.24) is 14.6 Å². The number of fused-ring (bicyclic) bond motifs is 3. The molecule has 0 radical (unpaired) electrons. The Labute approximate surface area is 192 Å². The summed E-state index contributed by atoms with van der Waals surface area (Å²) in [5, 5.41) is 3.65. The van der Waals surface area contributed by atoms with Gasteiger partial charge in [-0.25, -0.2) is 4.98 Å². The molecule has 31 heavy (non-hydrogen) atoms. The number of aryl methyl sites for hydroxylation is 1. The van der Waals surface area contributed by atoms with Gasteiger partial charge in [-0.05, 0) is 80.5 Å². The Morgan fingerprint density at radius 1 is 1.26 bits per heavy atom. The number of hydrogen-bond acceptors (Lipinski definition) is 5. The lowest BCUT2D eigenvalue weighted by molar-refractivity contribution is -0.160. The lowest BCUT2D eigenvalue weighted by Gasteiger charge is -2.57. The van der Waals surface area contributed by atoms with Gasteiger partial charge in [0.05, 0.1) is 16.6 Å². The van der Waals surface area contributed by atoms with Crippen molar-refractivity contribution in [2.24, 2.45) is 34.5 Å². The molecule has 3 bridgehead atoms. The number of carbonyl (C=O) groups excluding carboxylic acids is 1. The van der Waals surface area contributed by atoms with Crippen LogP contribution in [-0.2, 0) is 29.0 Å². The van der Waals surface area contributed by atoms with Crippen LogP contribution >= 0.6 is 11.3 Å². The highest BCUT2D eigenvalue weighted by Crippen LogP contribution is 2.81. The van der Waals surface area contributed by atoms with E-state index >= 15 is 0 Å². The molecule has 2 heterocycles. The second kappa shape index (κ2) is 6.94. The van der Waals surface area contributed by atoms with Gasteiger partial charge in [-0.2, -0.15) is 0 Å². The molecule has 4 saturated carbocycles. The van der Waals surface area contributed by atoms with Crippen LogP contribution in [0.2, 0.25) is 0 Å².